The molecule has 2 N–H and O–H groups in total. The molecule has 0 aromatic carbocycles. The van der Waals surface area contributed by atoms with Gasteiger partial charge in [-0.1, -0.05) is 0 Å². The first kappa shape index (κ1) is 14.9. The van der Waals surface area contributed by atoms with E-state index in [1.54, 1.807) is 17.5 Å². The lowest BCUT2D eigenvalue weighted by Crippen LogP contribution is -2.35. The van der Waals surface area contributed by atoms with Gasteiger partial charge >= 0.3 is 0 Å². The van der Waals surface area contributed by atoms with Gasteiger partial charge in [0.05, 0.1) is 6.61 Å². The fourth-order valence-corrected chi connectivity index (χ4v) is 5.24. The summed E-state index contributed by atoms with van der Waals surface area (Å²) in [5, 5.41) is 0. The summed E-state index contributed by atoms with van der Waals surface area (Å²) >= 11 is 1.28. The van der Waals surface area contributed by atoms with Crippen molar-refractivity contribution in [3.8, 4) is 0 Å². The largest absolute Gasteiger partial charge is 0.383 e. The van der Waals surface area contributed by atoms with Crippen LogP contribution in [0.5, 0.6) is 0 Å². The van der Waals surface area contributed by atoms with E-state index < -0.39 is 10.0 Å². The molecule has 1 aromatic rings. The van der Waals surface area contributed by atoms with Gasteiger partial charge in [-0.05, 0) is 31.4 Å². The summed E-state index contributed by atoms with van der Waals surface area (Å²) in [5.41, 5.74) is 6.57. The predicted molar refractivity (Wildman–Crippen MR) is 75.7 cm³/mol. The number of hydrogen-bond acceptors (Lipinski definition) is 5. The molecule has 2 rings (SSSR count). The highest BCUT2D eigenvalue weighted by molar-refractivity contribution is 7.91. The van der Waals surface area contributed by atoms with Crippen molar-refractivity contribution >= 4 is 21.4 Å². The number of nitrogens with two attached hydrogens (primary N) is 1. The van der Waals surface area contributed by atoms with Gasteiger partial charge in [-0.15, -0.1) is 11.3 Å². The molecule has 0 atom stereocenters. The van der Waals surface area contributed by atoms with Crippen molar-refractivity contribution in [1.82, 2.24) is 4.31 Å². The predicted octanol–water partition coefficient (Wildman–Crippen LogP) is 1.31. The fraction of sp³-hybridized carbons (Fsp3) is 0.667. The molecule has 5 nitrogen and oxygen atoms in total. The molecule has 0 amide bonds. The van der Waals surface area contributed by atoms with Crippen molar-refractivity contribution in [2.45, 2.75) is 36.6 Å². The van der Waals surface area contributed by atoms with Crippen LogP contribution in [0.25, 0.3) is 0 Å². The third-order valence-corrected chi connectivity index (χ3v) is 6.88. The van der Waals surface area contributed by atoms with Crippen LogP contribution in [-0.4, -0.2) is 39.0 Å². The lowest BCUT2D eigenvalue weighted by atomic mass is 10.3. The summed E-state index contributed by atoms with van der Waals surface area (Å²) in [6, 6.07) is 1.87. The Morgan fingerprint density at radius 3 is 2.68 bits per heavy atom. The minimum atomic E-state index is -3.41. The van der Waals surface area contributed by atoms with E-state index in [-0.39, 0.29) is 6.04 Å². The highest BCUT2D eigenvalue weighted by atomic mass is 32.2. The average Bonchev–Trinajstić information content (AvgIpc) is 3.11. The Bertz CT molecular complexity index is 535. The maximum atomic E-state index is 12.6. The van der Waals surface area contributed by atoms with Gasteiger partial charge in [0.1, 0.15) is 4.21 Å². The summed E-state index contributed by atoms with van der Waals surface area (Å²) in [5.74, 6) is 0. The van der Waals surface area contributed by atoms with E-state index in [2.05, 4.69) is 0 Å². The van der Waals surface area contributed by atoms with Gasteiger partial charge in [0, 0.05) is 31.1 Å². The second-order valence-corrected chi connectivity index (χ2v) is 7.97. The van der Waals surface area contributed by atoms with E-state index in [0.717, 1.165) is 23.3 Å². The molecule has 1 aromatic heterocycles. The van der Waals surface area contributed by atoms with Gasteiger partial charge in [0.25, 0.3) is 10.0 Å². The monoisotopic (exact) mass is 304 g/mol. The molecule has 0 bridgehead atoms. The Labute approximate surface area is 118 Å². The third-order valence-electron chi connectivity index (χ3n) is 3.22. The van der Waals surface area contributed by atoms with Crippen molar-refractivity contribution in [1.29, 1.82) is 0 Å². The second-order valence-electron chi connectivity index (χ2n) is 4.72. The van der Waals surface area contributed by atoms with Crippen LogP contribution in [0.3, 0.4) is 0 Å². The zero-order valence-corrected chi connectivity index (χ0v) is 12.9. The zero-order chi connectivity index (χ0) is 14.0. The Hall–Kier alpha value is -0.470. The van der Waals surface area contributed by atoms with E-state index >= 15 is 0 Å². The standard InChI is InChI=1S/C12H20N2O3S2/c1-9-7-12(18-11(9)8-13)19(15,16)14(5-6-17-2)10-3-4-10/h7,10H,3-6,8,13H2,1-2H3. The molecule has 0 spiro atoms. The Morgan fingerprint density at radius 1 is 1.53 bits per heavy atom. The molecule has 19 heavy (non-hydrogen) atoms. The molecule has 108 valence electrons. The molecular weight excluding hydrogens is 284 g/mol. The average molecular weight is 304 g/mol. The number of hydrogen-bond donors (Lipinski definition) is 1. The zero-order valence-electron chi connectivity index (χ0n) is 11.3. The number of ether oxygens (including phenoxy) is 1. The molecule has 1 saturated carbocycles. The number of thiophene rings is 1. The molecular formula is C12H20N2O3S2. The molecule has 0 saturated heterocycles. The summed E-state index contributed by atoms with van der Waals surface area (Å²) in [6.07, 6.45) is 1.88. The quantitative estimate of drug-likeness (QED) is 0.824. The van der Waals surface area contributed by atoms with Crippen LogP contribution in [0.2, 0.25) is 0 Å². The lowest BCUT2D eigenvalue weighted by molar-refractivity contribution is 0.177. The van der Waals surface area contributed by atoms with E-state index in [1.165, 1.54) is 11.3 Å². The van der Waals surface area contributed by atoms with Gasteiger partial charge in [-0.2, -0.15) is 4.31 Å². The highest BCUT2D eigenvalue weighted by Crippen LogP contribution is 2.35. The minimum Gasteiger partial charge on any atom is -0.383 e. The summed E-state index contributed by atoms with van der Waals surface area (Å²) in [4.78, 5) is 0.932. The first-order chi connectivity index (χ1) is 9.00. The van der Waals surface area contributed by atoms with Crippen LogP contribution in [0.1, 0.15) is 23.3 Å². The van der Waals surface area contributed by atoms with Crippen LogP contribution in [-0.2, 0) is 21.3 Å². The SMILES string of the molecule is COCCN(C1CC1)S(=O)(=O)c1cc(C)c(CN)s1. The third kappa shape index (κ3) is 3.17. The second kappa shape index (κ2) is 5.88. The normalized spacial score (nSPS) is 16.2. The molecule has 7 heteroatoms. The van der Waals surface area contributed by atoms with Gasteiger partial charge < -0.3 is 10.5 Å². The molecule has 0 unspecified atom stereocenters. The molecule has 1 heterocycles. The highest BCUT2D eigenvalue weighted by Gasteiger charge is 2.38. The Morgan fingerprint density at radius 2 is 2.21 bits per heavy atom. The summed E-state index contributed by atoms with van der Waals surface area (Å²) < 4.78 is 32.3. The van der Waals surface area contributed by atoms with Crippen LogP contribution < -0.4 is 5.73 Å². The van der Waals surface area contributed by atoms with Crippen molar-refractivity contribution in [3.63, 3.8) is 0 Å². The van der Waals surface area contributed by atoms with Gasteiger partial charge in [-0.3, -0.25) is 0 Å². The van der Waals surface area contributed by atoms with Crippen molar-refractivity contribution in [3.05, 3.63) is 16.5 Å². The number of methoxy groups -OCH3 is 1. The Balaban J connectivity index is 2.27. The van der Waals surface area contributed by atoms with Gasteiger partial charge in [0.15, 0.2) is 0 Å². The van der Waals surface area contributed by atoms with Crippen LogP contribution >= 0.6 is 11.3 Å². The van der Waals surface area contributed by atoms with E-state index in [9.17, 15) is 8.42 Å². The van der Waals surface area contributed by atoms with E-state index in [0.29, 0.717) is 23.9 Å². The minimum absolute atomic E-state index is 0.142. The maximum Gasteiger partial charge on any atom is 0.252 e. The molecule has 0 radical (unpaired) electrons. The van der Waals surface area contributed by atoms with Gasteiger partial charge in [0.2, 0.25) is 0 Å². The van der Waals surface area contributed by atoms with Crippen molar-refractivity contribution in [2.24, 2.45) is 5.73 Å². The van der Waals surface area contributed by atoms with Crippen molar-refractivity contribution < 1.29 is 13.2 Å². The van der Waals surface area contributed by atoms with Crippen LogP contribution in [0.4, 0.5) is 0 Å². The molecule has 0 aliphatic heterocycles. The molecule has 1 aliphatic rings. The number of aryl methyl sites for hydroxylation is 1. The first-order valence-electron chi connectivity index (χ1n) is 6.31. The van der Waals surface area contributed by atoms with Crippen molar-refractivity contribution in [2.75, 3.05) is 20.3 Å². The summed E-state index contributed by atoms with van der Waals surface area (Å²) in [7, 11) is -1.82. The summed E-state index contributed by atoms with van der Waals surface area (Å²) in [6.45, 7) is 3.12. The maximum absolute atomic E-state index is 12.6. The first-order valence-corrected chi connectivity index (χ1v) is 8.56. The lowest BCUT2D eigenvalue weighted by Gasteiger charge is -2.20. The number of rotatable bonds is 7. The smallest absolute Gasteiger partial charge is 0.252 e. The van der Waals surface area contributed by atoms with E-state index in [1.807, 2.05) is 6.92 Å². The van der Waals surface area contributed by atoms with E-state index in [4.69, 9.17) is 10.5 Å². The number of nitrogens with zero attached hydrogens (tertiary/aromatic N) is 1. The van der Waals surface area contributed by atoms with Crippen LogP contribution in [0.15, 0.2) is 10.3 Å². The Kier molecular flexibility index (Phi) is 4.62. The molecule has 1 aliphatic carbocycles. The molecule has 1 fully saturated rings. The number of sulfonamides is 1. The topological polar surface area (TPSA) is 72.6 Å². The van der Waals surface area contributed by atoms with Gasteiger partial charge in [-0.25, -0.2) is 8.42 Å². The van der Waals surface area contributed by atoms with Crippen LogP contribution in [0, 0.1) is 6.92 Å². The fourth-order valence-electron chi connectivity index (χ4n) is 1.98.